The summed E-state index contributed by atoms with van der Waals surface area (Å²) in [6, 6.07) is 0. The molecule has 1 fully saturated rings. The van der Waals surface area contributed by atoms with Crippen LogP contribution in [-0.2, 0) is 9.53 Å². The summed E-state index contributed by atoms with van der Waals surface area (Å²) in [4.78, 5) is 18.3. The molecule has 0 atom stereocenters. The summed E-state index contributed by atoms with van der Waals surface area (Å²) in [5, 5.41) is 6.17. The quantitative estimate of drug-likeness (QED) is 0.347. The summed E-state index contributed by atoms with van der Waals surface area (Å²) in [6.45, 7) is 4.09. The molecule has 1 amide bonds. The fraction of sp³-hybridized carbons (Fsp3) is 0.882. The van der Waals surface area contributed by atoms with Gasteiger partial charge in [-0.15, -0.1) is 0 Å². The van der Waals surface area contributed by atoms with Crippen molar-refractivity contribution in [2.45, 2.75) is 51.6 Å². The molecule has 0 aromatic heterocycles. The average Bonchev–Trinajstić information content (AvgIpc) is 2.78. The van der Waals surface area contributed by atoms with E-state index in [0.717, 1.165) is 32.2 Å². The van der Waals surface area contributed by atoms with Crippen molar-refractivity contribution in [3.8, 4) is 0 Å². The summed E-state index contributed by atoms with van der Waals surface area (Å²) in [5.41, 5.74) is 0. The maximum absolute atomic E-state index is 12.0. The maximum Gasteiger partial charge on any atom is 0.411 e. The zero-order valence-corrected chi connectivity index (χ0v) is 15.5. The normalized spacial score (nSPS) is 16.5. The van der Waals surface area contributed by atoms with Gasteiger partial charge in [0.2, 0.25) is 5.91 Å². The van der Waals surface area contributed by atoms with E-state index in [1.54, 1.807) is 0 Å². The number of carbonyl (C=O) groups excluding carboxylic acids is 1. The van der Waals surface area contributed by atoms with E-state index < -0.39 is 12.8 Å². The number of alkyl halides is 3. The topological polar surface area (TPSA) is 66.0 Å². The fourth-order valence-corrected chi connectivity index (χ4v) is 2.64. The second kappa shape index (κ2) is 12.8. The largest absolute Gasteiger partial charge is 0.411 e. The molecule has 0 unspecified atom stereocenters. The summed E-state index contributed by atoms with van der Waals surface area (Å²) in [7, 11) is 0. The third kappa shape index (κ3) is 11.2. The van der Waals surface area contributed by atoms with Crippen molar-refractivity contribution in [3.63, 3.8) is 0 Å². The molecule has 2 N–H and O–H groups in total. The van der Waals surface area contributed by atoms with Crippen LogP contribution < -0.4 is 10.6 Å². The molecule has 9 heteroatoms. The number of halogens is 3. The monoisotopic (exact) mass is 380 g/mol. The van der Waals surface area contributed by atoms with Gasteiger partial charge in [-0.3, -0.25) is 9.79 Å². The first-order valence-corrected chi connectivity index (χ1v) is 9.37. The molecule has 1 rings (SSSR count). The van der Waals surface area contributed by atoms with E-state index in [1.165, 1.54) is 0 Å². The number of nitrogens with one attached hydrogen (secondary N) is 2. The lowest BCUT2D eigenvalue weighted by molar-refractivity contribution is -0.173. The Bertz CT molecular complexity index is 431. The number of guanidine groups is 1. The van der Waals surface area contributed by atoms with Gasteiger partial charge in [0, 0.05) is 45.8 Å². The number of hydrogen-bond acceptors (Lipinski definition) is 3. The lowest BCUT2D eigenvalue weighted by atomic mass is 10.2. The minimum Gasteiger partial charge on any atom is -0.372 e. The molecule has 0 aliphatic carbocycles. The van der Waals surface area contributed by atoms with Gasteiger partial charge in [-0.1, -0.05) is 6.42 Å². The molecule has 0 saturated carbocycles. The van der Waals surface area contributed by atoms with Crippen LogP contribution in [0.25, 0.3) is 0 Å². The molecule has 0 radical (unpaired) electrons. The van der Waals surface area contributed by atoms with Crippen LogP contribution in [0.15, 0.2) is 4.99 Å². The third-order valence-corrected chi connectivity index (χ3v) is 3.90. The molecule has 1 heterocycles. The Kier molecular flexibility index (Phi) is 11.1. The van der Waals surface area contributed by atoms with Crippen LogP contribution in [-0.4, -0.2) is 68.9 Å². The van der Waals surface area contributed by atoms with E-state index in [4.69, 9.17) is 0 Å². The maximum atomic E-state index is 12.0. The van der Waals surface area contributed by atoms with E-state index in [1.807, 2.05) is 11.8 Å². The first-order valence-electron chi connectivity index (χ1n) is 9.37. The van der Waals surface area contributed by atoms with Crippen molar-refractivity contribution in [2.75, 3.05) is 45.9 Å². The molecule has 1 saturated heterocycles. The summed E-state index contributed by atoms with van der Waals surface area (Å²) in [6.07, 6.45) is 0.772. The third-order valence-electron chi connectivity index (χ3n) is 3.90. The number of likely N-dealkylation sites (tertiary alicyclic amines) is 1. The van der Waals surface area contributed by atoms with Crippen molar-refractivity contribution in [1.29, 1.82) is 0 Å². The molecular weight excluding hydrogens is 349 g/mol. The van der Waals surface area contributed by atoms with Gasteiger partial charge in [0.05, 0.1) is 0 Å². The molecule has 0 aromatic rings. The molecule has 1 aliphatic rings. The van der Waals surface area contributed by atoms with E-state index in [2.05, 4.69) is 20.4 Å². The Morgan fingerprint density at radius 3 is 2.77 bits per heavy atom. The van der Waals surface area contributed by atoms with E-state index in [9.17, 15) is 18.0 Å². The Balaban J connectivity index is 2.20. The van der Waals surface area contributed by atoms with Crippen molar-refractivity contribution >= 4 is 11.9 Å². The first-order chi connectivity index (χ1) is 12.4. The van der Waals surface area contributed by atoms with Crippen molar-refractivity contribution in [1.82, 2.24) is 15.5 Å². The standard InChI is InChI=1S/C17H31F3N4O2/c1-2-21-16(23-10-7-13-26-14-17(18,19)20)22-9-6-12-24-11-5-3-4-8-15(24)25/h2-14H2,1H3,(H2,21,22,23). The van der Waals surface area contributed by atoms with Gasteiger partial charge in [0.1, 0.15) is 6.61 Å². The van der Waals surface area contributed by atoms with Crippen LogP contribution in [0.4, 0.5) is 13.2 Å². The van der Waals surface area contributed by atoms with E-state index in [0.29, 0.717) is 45.0 Å². The van der Waals surface area contributed by atoms with Crippen LogP contribution >= 0.6 is 0 Å². The van der Waals surface area contributed by atoms with Crippen molar-refractivity contribution in [3.05, 3.63) is 0 Å². The highest BCUT2D eigenvalue weighted by atomic mass is 19.4. The molecule has 0 spiro atoms. The van der Waals surface area contributed by atoms with Crippen LogP contribution in [0.5, 0.6) is 0 Å². The van der Waals surface area contributed by atoms with Gasteiger partial charge in [0.25, 0.3) is 0 Å². The van der Waals surface area contributed by atoms with Crippen LogP contribution in [0.1, 0.15) is 45.4 Å². The highest BCUT2D eigenvalue weighted by molar-refractivity contribution is 5.79. The van der Waals surface area contributed by atoms with Gasteiger partial charge in [0.15, 0.2) is 5.96 Å². The number of carbonyl (C=O) groups is 1. The van der Waals surface area contributed by atoms with Gasteiger partial charge >= 0.3 is 6.18 Å². The Morgan fingerprint density at radius 1 is 1.23 bits per heavy atom. The SMILES string of the molecule is CCNC(=NCCCN1CCCCCC1=O)NCCCOCC(F)(F)F. The summed E-state index contributed by atoms with van der Waals surface area (Å²) in [5.74, 6) is 0.862. The molecule has 6 nitrogen and oxygen atoms in total. The van der Waals surface area contributed by atoms with Gasteiger partial charge in [-0.2, -0.15) is 13.2 Å². The summed E-state index contributed by atoms with van der Waals surface area (Å²) < 4.78 is 40.4. The lowest BCUT2D eigenvalue weighted by Crippen LogP contribution is -2.38. The minimum absolute atomic E-state index is 0.0446. The number of rotatable bonds is 10. The van der Waals surface area contributed by atoms with Crippen LogP contribution in [0.2, 0.25) is 0 Å². The first kappa shape index (κ1) is 22.5. The second-order valence-corrected chi connectivity index (χ2v) is 6.25. The molecular formula is C17H31F3N4O2. The molecule has 152 valence electrons. The molecule has 26 heavy (non-hydrogen) atoms. The van der Waals surface area contributed by atoms with Gasteiger partial charge in [-0.25, -0.2) is 0 Å². The average molecular weight is 380 g/mol. The van der Waals surface area contributed by atoms with Crippen LogP contribution in [0.3, 0.4) is 0 Å². The van der Waals surface area contributed by atoms with E-state index >= 15 is 0 Å². The smallest absolute Gasteiger partial charge is 0.372 e. The van der Waals surface area contributed by atoms with Crippen molar-refractivity contribution < 1.29 is 22.7 Å². The number of hydrogen-bond donors (Lipinski definition) is 2. The summed E-state index contributed by atoms with van der Waals surface area (Å²) >= 11 is 0. The van der Waals surface area contributed by atoms with Gasteiger partial charge in [-0.05, 0) is 32.6 Å². The minimum atomic E-state index is -4.28. The van der Waals surface area contributed by atoms with Crippen molar-refractivity contribution in [2.24, 2.45) is 4.99 Å². The molecule has 0 aromatic carbocycles. The van der Waals surface area contributed by atoms with E-state index in [-0.39, 0.29) is 12.5 Å². The number of ether oxygens (including phenoxy) is 1. The lowest BCUT2D eigenvalue weighted by Gasteiger charge is -2.20. The number of aliphatic imine (C=N–C) groups is 1. The highest BCUT2D eigenvalue weighted by Gasteiger charge is 2.27. The fourth-order valence-electron chi connectivity index (χ4n) is 2.64. The molecule has 0 bridgehead atoms. The zero-order valence-electron chi connectivity index (χ0n) is 15.5. The second-order valence-electron chi connectivity index (χ2n) is 6.25. The van der Waals surface area contributed by atoms with Crippen LogP contribution in [0, 0.1) is 0 Å². The highest BCUT2D eigenvalue weighted by Crippen LogP contribution is 2.14. The van der Waals surface area contributed by atoms with Gasteiger partial charge < -0.3 is 20.3 Å². The molecule has 1 aliphatic heterocycles. The Hall–Kier alpha value is -1.51. The number of amides is 1. The predicted molar refractivity (Wildman–Crippen MR) is 95.1 cm³/mol. The Labute approximate surface area is 153 Å². The zero-order chi connectivity index (χ0) is 19.3. The predicted octanol–water partition coefficient (Wildman–Crippen LogP) is 2.30. The number of nitrogens with zero attached hydrogens (tertiary/aromatic N) is 2. The Morgan fingerprint density at radius 2 is 2.04 bits per heavy atom.